The molecule has 13 heavy (non-hydrogen) atoms. The smallest absolute Gasteiger partial charge is 0.133 e. The Morgan fingerprint density at radius 2 is 1.85 bits per heavy atom. The van der Waals surface area contributed by atoms with Gasteiger partial charge in [0, 0.05) is 19.6 Å². The predicted octanol–water partition coefficient (Wildman–Crippen LogP) is -0.815. The molecule has 0 unspecified atom stereocenters. The van der Waals surface area contributed by atoms with Gasteiger partial charge in [0.1, 0.15) is 6.29 Å². The molecule has 1 aliphatic heterocycles. The second-order valence-corrected chi connectivity index (χ2v) is 3.39. The lowest BCUT2D eigenvalue weighted by Crippen LogP contribution is -2.33. The van der Waals surface area contributed by atoms with E-state index in [1.807, 2.05) is 0 Å². The van der Waals surface area contributed by atoms with Crippen molar-refractivity contribution >= 4 is 6.29 Å². The van der Waals surface area contributed by atoms with Crippen LogP contribution in [0.2, 0.25) is 0 Å². The second-order valence-electron chi connectivity index (χ2n) is 3.39. The average molecular weight is 186 g/mol. The van der Waals surface area contributed by atoms with Crippen LogP contribution in [0.5, 0.6) is 0 Å². The zero-order valence-electron chi connectivity index (χ0n) is 7.98. The molecule has 1 aliphatic rings. The Labute approximate surface area is 79.1 Å². The van der Waals surface area contributed by atoms with Gasteiger partial charge in [-0.25, -0.2) is 0 Å². The molecular formula is C9H18N2O2. The maximum Gasteiger partial charge on any atom is 0.133 e. The van der Waals surface area contributed by atoms with E-state index in [1.165, 1.54) is 0 Å². The Morgan fingerprint density at radius 3 is 2.54 bits per heavy atom. The summed E-state index contributed by atoms with van der Waals surface area (Å²) in [6.45, 7) is 5.49. The standard InChI is InChI=1S/C9H18N2O2/c12-8-6-10-2-1-3-11(5-4-10)7-9-13/h8,13H,1-7,9H2. The van der Waals surface area contributed by atoms with Crippen LogP contribution in [0.4, 0.5) is 0 Å². The topological polar surface area (TPSA) is 43.8 Å². The molecule has 0 amide bonds. The van der Waals surface area contributed by atoms with E-state index in [2.05, 4.69) is 9.80 Å². The summed E-state index contributed by atoms with van der Waals surface area (Å²) in [7, 11) is 0. The Kier molecular flexibility index (Phi) is 4.97. The third-order valence-electron chi connectivity index (χ3n) is 2.43. The number of β-amino-alcohol motifs (C(OH)–C–C–N with tert-alkyl or cyclic N) is 1. The van der Waals surface area contributed by atoms with Gasteiger partial charge in [0.25, 0.3) is 0 Å². The summed E-state index contributed by atoms with van der Waals surface area (Å²) in [6, 6.07) is 0. The van der Waals surface area contributed by atoms with Crippen molar-refractivity contribution in [2.75, 3.05) is 45.9 Å². The lowest BCUT2D eigenvalue weighted by Gasteiger charge is -2.19. The van der Waals surface area contributed by atoms with Gasteiger partial charge in [0.05, 0.1) is 13.2 Å². The van der Waals surface area contributed by atoms with Crippen molar-refractivity contribution in [1.29, 1.82) is 0 Å². The summed E-state index contributed by atoms with van der Waals surface area (Å²) in [5.74, 6) is 0. The van der Waals surface area contributed by atoms with Crippen molar-refractivity contribution < 1.29 is 9.90 Å². The number of hydrogen-bond donors (Lipinski definition) is 1. The molecule has 0 bridgehead atoms. The molecule has 0 aromatic rings. The molecule has 0 aromatic carbocycles. The minimum Gasteiger partial charge on any atom is -0.395 e. The van der Waals surface area contributed by atoms with E-state index in [4.69, 9.17) is 5.11 Å². The van der Waals surface area contributed by atoms with Gasteiger partial charge in [-0.3, -0.25) is 9.80 Å². The van der Waals surface area contributed by atoms with E-state index in [1.54, 1.807) is 0 Å². The van der Waals surface area contributed by atoms with Crippen molar-refractivity contribution in [3.05, 3.63) is 0 Å². The van der Waals surface area contributed by atoms with Crippen LogP contribution in [0.3, 0.4) is 0 Å². The molecule has 76 valence electrons. The van der Waals surface area contributed by atoms with Gasteiger partial charge in [-0.2, -0.15) is 0 Å². The molecule has 0 saturated carbocycles. The first kappa shape index (κ1) is 10.6. The Balaban J connectivity index is 2.26. The van der Waals surface area contributed by atoms with Crippen LogP contribution < -0.4 is 0 Å². The first-order chi connectivity index (χ1) is 6.36. The minimum atomic E-state index is 0.230. The first-order valence-corrected chi connectivity index (χ1v) is 4.86. The van der Waals surface area contributed by atoms with Crippen LogP contribution in [0.15, 0.2) is 0 Å². The number of hydrogen-bond acceptors (Lipinski definition) is 4. The van der Waals surface area contributed by atoms with Gasteiger partial charge < -0.3 is 9.90 Å². The molecule has 1 heterocycles. The first-order valence-electron chi connectivity index (χ1n) is 4.86. The van der Waals surface area contributed by atoms with Crippen molar-refractivity contribution in [1.82, 2.24) is 9.80 Å². The van der Waals surface area contributed by atoms with Gasteiger partial charge >= 0.3 is 0 Å². The van der Waals surface area contributed by atoms with Crippen LogP contribution in [0.25, 0.3) is 0 Å². The quantitative estimate of drug-likeness (QED) is 0.583. The molecule has 0 radical (unpaired) electrons. The Bertz CT molecular complexity index is 153. The van der Waals surface area contributed by atoms with Gasteiger partial charge in [0.2, 0.25) is 0 Å². The van der Waals surface area contributed by atoms with E-state index in [0.717, 1.165) is 45.4 Å². The number of carbonyl (C=O) groups is 1. The van der Waals surface area contributed by atoms with E-state index in [-0.39, 0.29) is 6.61 Å². The largest absolute Gasteiger partial charge is 0.395 e. The van der Waals surface area contributed by atoms with E-state index in [0.29, 0.717) is 6.54 Å². The highest BCUT2D eigenvalue weighted by atomic mass is 16.3. The van der Waals surface area contributed by atoms with Gasteiger partial charge in [0.15, 0.2) is 0 Å². The Morgan fingerprint density at radius 1 is 1.15 bits per heavy atom. The monoisotopic (exact) mass is 186 g/mol. The minimum absolute atomic E-state index is 0.230. The van der Waals surface area contributed by atoms with Crippen molar-refractivity contribution in [3.63, 3.8) is 0 Å². The normalized spacial score (nSPS) is 21.3. The van der Waals surface area contributed by atoms with Gasteiger partial charge in [-0.05, 0) is 19.5 Å². The van der Waals surface area contributed by atoms with Gasteiger partial charge in [-0.15, -0.1) is 0 Å². The highest BCUT2D eigenvalue weighted by Crippen LogP contribution is 2.01. The van der Waals surface area contributed by atoms with E-state index < -0.39 is 0 Å². The molecule has 4 heteroatoms. The summed E-state index contributed by atoms with van der Waals surface area (Å²) in [6.07, 6.45) is 2.05. The summed E-state index contributed by atoms with van der Waals surface area (Å²) >= 11 is 0. The zero-order valence-corrected chi connectivity index (χ0v) is 7.98. The van der Waals surface area contributed by atoms with Crippen molar-refractivity contribution in [2.45, 2.75) is 6.42 Å². The number of aliphatic hydroxyl groups is 1. The highest BCUT2D eigenvalue weighted by Gasteiger charge is 2.13. The number of aliphatic hydroxyl groups excluding tert-OH is 1. The molecule has 0 spiro atoms. The fraction of sp³-hybridized carbons (Fsp3) is 0.889. The summed E-state index contributed by atoms with van der Waals surface area (Å²) in [4.78, 5) is 14.7. The number of carbonyl (C=O) groups excluding carboxylic acids is 1. The highest BCUT2D eigenvalue weighted by molar-refractivity contribution is 5.51. The van der Waals surface area contributed by atoms with Crippen LogP contribution in [-0.2, 0) is 4.79 Å². The van der Waals surface area contributed by atoms with E-state index in [9.17, 15) is 4.79 Å². The van der Waals surface area contributed by atoms with Crippen molar-refractivity contribution in [3.8, 4) is 0 Å². The third kappa shape index (κ3) is 3.85. The van der Waals surface area contributed by atoms with E-state index >= 15 is 0 Å². The summed E-state index contributed by atoms with van der Waals surface area (Å²) in [5.41, 5.74) is 0. The maximum absolute atomic E-state index is 10.3. The van der Waals surface area contributed by atoms with Crippen LogP contribution in [0.1, 0.15) is 6.42 Å². The summed E-state index contributed by atoms with van der Waals surface area (Å²) < 4.78 is 0. The molecule has 1 fully saturated rings. The van der Waals surface area contributed by atoms with Crippen molar-refractivity contribution in [2.24, 2.45) is 0 Å². The lowest BCUT2D eigenvalue weighted by molar-refractivity contribution is -0.108. The van der Waals surface area contributed by atoms with Crippen LogP contribution in [-0.4, -0.2) is 67.1 Å². The number of nitrogens with zero attached hydrogens (tertiary/aromatic N) is 2. The number of aldehydes is 1. The molecule has 4 nitrogen and oxygen atoms in total. The molecule has 1 rings (SSSR count). The molecular weight excluding hydrogens is 168 g/mol. The second kappa shape index (κ2) is 6.07. The Hall–Kier alpha value is -0.450. The fourth-order valence-corrected chi connectivity index (χ4v) is 1.68. The zero-order chi connectivity index (χ0) is 9.52. The molecule has 1 saturated heterocycles. The molecule has 1 N–H and O–H groups in total. The number of rotatable bonds is 4. The van der Waals surface area contributed by atoms with Gasteiger partial charge in [-0.1, -0.05) is 0 Å². The fourth-order valence-electron chi connectivity index (χ4n) is 1.68. The SMILES string of the molecule is O=CCN1CCCN(CCO)CC1. The third-order valence-corrected chi connectivity index (χ3v) is 2.43. The maximum atomic E-state index is 10.3. The summed E-state index contributed by atoms with van der Waals surface area (Å²) in [5, 5.41) is 8.77. The average Bonchev–Trinajstić information content (AvgIpc) is 2.33. The lowest BCUT2D eigenvalue weighted by atomic mass is 10.4. The van der Waals surface area contributed by atoms with Crippen LogP contribution in [0, 0.1) is 0 Å². The van der Waals surface area contributed by atoms with Crippen LogP contribution >= 0.6 is 0 Å². The molecule has 0 aromatic heterocycles. The predicted molar refractivity (Wildman–Crippen MR) is 50.6 cm³/mol. The molecule has 0 aliphatic carbocycles. The molecule has 0 atom stereocenters.